The molecule has 1 atom stereocenters. The molecule has 0 unspecified atom stereocenters. The van der Waals surface area contributed by atoms with E-state index in [0.29, 0.717) is 12.1 Å². The van der Waals surface area contributed by atoms with Gasteiger partial charge in [-0.25, -0.2) is 9.79 Å². The number of nitrogens with two attached hydrogens (primary N) is 2. The molecule has 7 nitrogen and oxygen atoms in total. The van der Waals surface area contributed by atoms with E-state index in [2.05, 4.69) is 10.3 Å². The first-order chi connectivity index (χ1) is 12.1. The number of carbonyl (C=O) groups excluding carboxylic acids is 1. The lowest BCUT2D eigenvalue weighted by molar-refractivity contribution is 0.137. The molecule has 0 aromatic heterocycles. The minimum Gasteiger partial charge on any atom is -0.445 e. The van der Waals surface area contributed by atoms with E-state index in [4.69, 9.17) is 16.2 Å². The number of carbonyl (C=O) groups is 1. The fourth-order valence-corrected chi connectivity index (χ4v) is 2.13. The number of amides is 1. The van der Waals surface area contributed by atoms with Crippen molar-refractivity contribution in [2.45, 2.75) is 19.1 Å². The van der Waals surface area contributed by atoms with Gasteiger partial charge in [-0.3, -0.25) is 0 Å². The predicted molar refractivity (Wildman–Crippen MR) is 94.8 cm³/mol. The van der Waals surface area contributed by atoms with E-state index in [1.165, 1.54) is 0 Å². The highest BCUT2D eigenvalue weighted by molar-refractivity contribution is 5.78. The fraction of sp³-hybridized carbons (Fsp3) is 0.167. The Morgan fingerprint density at radius 1 is 1.12 bits per heavy atom. The summed E-state index contributed by atoms with van der Waals surface area (Å²) < 4.78 is 5.11. The van der Waals surface area contributed by atoms with Gasteiger partial charge in [-0.15, -0.1) is 0 Å². The third kappa shape index (κ3) is 6.23. The quantitative estimate of drug-likeness (QED) is 0.548. The number of nitrogens with zero attached hydrogens (tertiary/aromatic N) is 2. The largest absolute Gasteiger partial charge is 0.445 e. The summed E-state index contributed by atoms with van der Waals surface area (Å²) in [6.07, 6.45) is -0.286. The zero-order valence-corrected chi connectivity index (χ0v) is 13.6. The topological polar surface area (TPSA) is 127 Å². The van der Waals surface area contributed by atoms with Crippen LogP contribution in [0.2, 0.25) is 0 Å². The van der Waals surface area contributed by atoms with Crippen molar-refractivity contribution in [3.05, 3.63) is 65.7 Å². The summed E-state index contributed by atoms with van der Waals surface area (Å²) in [4.78, 5) is 15.7. The number of ether oxygens (including phenoxy) is 1. The van der Waals surface area contributed by atoms with Gasteiger partial charge in [0.05, 0.1) is 11.8 Å². The van der Waals surface area contributed by atoms with Gasteiger partial charge in [-0.1, -0.05) is 42.5 Å². The molecule has 128 valence electrons. The molecule has 0 heterocycles. The minimum absolute atomic E-state index is 0.0227. The van der Waals surface area contributed by atoms with Gasteiger partial charge in [0.1, 0.15) is 12.6 Å². The molecule has 0 aliphatic heterocycles. The van der Waals surface area contributed by atoms with Crippen molar-refractivity contribution in [1.29, 1.82) is 5.26 Å². The average molecular weight is 337 g/mol. The third-order valence-electron chi connectivity index (χ3n) is 3.30. The number of nitrogens with one attached hydrogen (secondary N) is 1. The number of hydrogen-bond donors (Lipinski definition) is 3. The molecule has 0 aliphatic carbocycles. The van der Waals surface area contributed by atoms with Crippen molar-refractivity contribution < 1.29 is 9.53 Å². The first-order valence-electron chi connectivity index (χ1n) is 7.62. The Labute approximate surface area is 145 Å². The summed E-state index contributed by atoms with van der Waals surface area (Å²) in [5, 5.41) is 11.8. The van der Waals surface area contributed by atoms with Gasteiger partial charge >= 0.3 is 6.09 Å². The average Bonchev–Trinajstić information content (AvgIpc) is 2.61. The molecule has 0 fully saturated rings. The lowest BCUT2D eigenvalue weighted by atomic mass is 10.1. The highest BCUT2D eigenvalue weighted by atomic mass is 16.5. The number of rotatable bonds is 6. The molecule has 0 saturated carbocycles. The third-order valence-corrected chi connectivity index (χ3v) is 3.30. The van der Waals surface area contributed by atoms with Gasteiger partial charge in [-0.05, 0) is 23.3 Å². The van der Waals surface area contributed by atoms with Crippen LogP contribution >= 0.6 is 0 Å². The molecule has 5 N–H and O–H groups in total. The Balaban J connectivity index is 1.86. The predicted octanol–water partition coefficient (Wildman–Crippen LogP) is 1.95. The zero-order chi connectivity index (χ0) is 18.1. The van der Waals surface area contributed by atoms with E-state index < -0.39 is 12.1 Å². The Bertz CT molecular complexity index is 762. The molecule has 0 radical (unpaired) electrons. The van der Waals surface area contributed by atoms with Crippen molar-refractivity contribution in [2.75, 3.05) is 0 Å². The fourth-order valence-electron chi connectivity index (χ4n) is 2.13. The highest BCUT2D eigenvalue weighted by Crippen LogP contribution is 2.14. The van der Waals surface area contributed by atoms with E-state index in [0.717, 1.165) is 11.1 Å². The van der Waals surface area contributed by atoms with Crippen molar-refractivity contribution in [1.82, 2.24) is 5.32 Å². The van der Waals surface area contributed by atoms with Crippen LogP contribution in [0.25, 0.3) is 0 Å². The van der Waals surface area contributed by atoms with E-state index in [1.807, 2.05) is 36.4 Å². The summed E-state index contributed by atoms with van der Waals surface area (Å²) in [5.41, 5.74) is 13.0. The zero-order valence-electron chi connectivity index (χ0n) is 13.6. The molecule has 7 heteroatoms. The maximum absolute atomic E-state index is 11.8. The normalized spacial score (nSPS) is 11.0. The van der Waals surface area contributed by atoms with Gasteiger partial charge in [0.2, 0.25) is 0 Å². The Kier molecular flexibility index (Phi) is 6.37. The molecule has 0 spiro atoms. The second-order valence-electron chi connectivity index (χ2n) is 5.29. The van der Waals surface area contributed by atoms with Crippen LogP contribution in [0.1, 0.15) is 11.1 Å². The number of alkyl carbamates (subject to hydrolysis) is 1. The first kappa shape index (κ1) is 17.8. The van der Waals surface area contributed by atoms with Gasteiger partial charge in [-0.2, -0.15) is 5.26 Å². The van der Waals surface area contributed by atoms with Crippen LogP contribution in [0.3, 0.4) is 0 Å². The van der Waals surface area contributed by atoms with Crippen LogP contribution in [-0.4, -0.2) is 18.1 Å². The van der Waals surface area contributed by atoms with Crippen LogP contribution in [0.5, 0.6) is 0 Å². The summed E-state index contributed by atoms with van der Waals surface area (Å²) in [6.45, 7) is 0.151. The second-order valence-corrected chi connectivity index (χ2v) is 5.29. The van der Waals surface area contributed by atoms with Gasteiger partial charge < -0.3 is 21.5 Å². The smallest absolute Gasteiger partial charge is 0.408 e. The maximum atomic E-state index is 11.8. The summed E-state index contributed by atoms with van der Waals surface area (Å²) in [7, 11) is 0. The number of guanidine groups is 1. The molecule has 1 amide bonds. The van der Waals surface area contributed by atoms with E-state index in [9.17, 15) is 10.1 Å². The van der Waals surface area contributed by atoms with Gasteiger partial charge in [0, 0.05) is 6.42 Å². The first-order valence-corrected chi connectivity index (χ1v) is 7.62. The molecule has 2 aromatic rings. The lowest BCUT2D eigenvalue weighted by Gasteiger charge is -2.12. The molecule has 2 rings (SSSR count). The van der Waals surface area contributed by atoms with Crippen molar-refractivity contribution >= 4 is 17.7 Å². The van der Waals surface area contributed by atoms with Crippen molar-refractivity contribution in [2.24, 2.45) is 16.5 Å². The molecule has 0 aliphatic rings. The highest BCUT2D eigenvalue weighted by Gasteiger charge is 2.13. The van der Waals surface area contributed by atoms with Crippen LogP contribution in [0, 0.1) is 11.3 Å². The second kappa shape index (κ2) is 8.93. The molecule has 2 aromatic carbocycles. The SMILES string of the molecule is N#C[C@H](Cc1ccc(N=C(N)N)cc1)NC(=O)OCc1ccccc1. The molecule has 25 heavy (non-hydrogen) atoms. The Hall–Kier alpha value is -3.53. The van der Waals surface area contributed by atoms with Crippen LogP contribution in [0.4, 0.5) is 10.5 Å². The summed E-state index contributed by atoms with van der Waals surface area (Å²) in [6, 6.07) is 17.7. The number of aliphatic imine (C=N–C) groups is 1. The summed E-state index contributed by atoms with van der Waals surface area (Å²) in [5.74, 6) is -0.0227. The lowest BCUT2D eigenvalue weighted by Crippen LogP contribution is -2.35. The number of nitriles is 1. The number of hydrogen-bond acceptors (Lipinski definition) is 4. The Morgan fingerprint density at radius 3 is 2.40 bits per heavy atom. The summed E-state index contributed by atoms with van der Waals surface area (Å²) >= 11 is 0. The minimum atomic E-state index is -0.697. The standard InChI is InChI=1S/C18H19N5O2/c19-11-16(10-13-6-8-15(9-7-13)22-17(20)21)23-18(24)25-12-14-4-2-1-3-5-14/h1-9,16H,10,12H2,(H,23,24)(H4,20,21,22)/t16-/m0/s1. The van der Waals surface area contributed by atoms with Gasteiger partial charge in [0.25, 0.3) is 0 Å². The number of benzene rings is 2. The van der Waals surface area contributed by atoms with Crippen molar-refractivity contribution in [3.63, 3.8) is 0 Å². The Morgan fingerprint density at radius 2 is 1.80 bits per heavy atom. The maximum Gasteiger partial charge on any atom is 0.408 e. The van der Waals surface area contributed by atoms with Gasteiger partial charge in [0.15, 0.2) is 5.96 Å². The molecular weight excluding hydrogens is 318 g/mol. The molecule has 0 saturated heterocycles. The molecule has 0 bridgehead atoms. The van der Waals surface area contributed by atoms with Crippen LogP contribution in [0.15, 0.2) is 59.6 Å². The molecular formula is C18H19N5O2. The van der Waals surface area contributed by atoms with E-state index in [-0.39, 0.29) is 12.6 Å². The van der Waals surface area contributed by atoms with E-state index >= 15 is 0 Å². The van der Waals surface area contributed by atoms with Crippen molar-refractivity contribution in [3.8, 4) is 6.07 Å². The van der Waals surface area contributed by atoms with Crippen LogP contribution in [-0.2, 0) is 17.8 Å². The van der Waals surface area contributed by atoms with E-state index in [1.54, 1.807) is 24.3 Å². The van der Waals surface area contributed by atoms with Crippen LogP contribution < -0.4 is 16.8 Å². The monoisotopic (exact) mass is 337 g/mol.